The van der Waals surface area contributed by atoms with E-state index in [1.807, 2.05) is 19.1 Å². The number of carbonyl (C=O) groups is 2. The zero-order valence-corrected chi connectivity index (χ0v) is 18.2. The second-order valence-electron chi connectivity index (χ2n) is 8.62. The average molecular weight is 411 g/mol. The van der Waals surface area contributed by atoms with E-state index >= 15 is 0 Å². The zero-order valence-electron chi connectivity index (χ0n) is 18.2. The van der Waals surface area contributed by atoms with Crippen molar-refractivity contribution in [3.8, 4) is 11.5 Å². The first-order chi connectivity index (χ1) is 14.1. The Morgan fingerprint density at radius 2 is 1.77 bits per heavy atom. The van der Waals surface area contributed by atoms with Crippen LogP contribution >= 0.6 is 0 Å². The van der Waals surface area contributed by atoms with Crippen LogP contribution in [0.2, 0.25) is 0 Å². The molecule has 0 saturated carbocycles. The van der Waals surface area contributed by atoms with Gasteiger partial charge in [0.25, 0.3) is 0 Å². The molecule has 0 aliphatic carbocycles. The van der Waals surface area contributed by atoms with Gasteiger partial charge in [-0.3, -0.25) is 4.90 Å². The molecule has 1 atom stereocenters. The van der Waals surface area contributed by atoms with Crippen LogP contribution in [0, 0.1) is 6.92 Å². The highest BCUT2D eigenvalue weighted by Crippen LogP contribution is 2.36. The van der Waals surface area contributed by atoms with Gasteiger partial charge in [0, 0.05) is 6.04 Å². The topological polar surface area (TPSA) is 65.1 Å². The van der Waals surface area contributed by atoms with Crippen molar-refractivity contribution < 1.29 is 23.8 Å². The molecule has 1 aliphatic rings. The molecule has 1 unspecified atom stereocenters. The van der Waals surface area contributed by atoms with Crippen LogP contribution in [0.5, 0.6) is 11.5 Å². The maximum Gasteiger partial charge on any atom is 0.514 e. The Morgan fingerprint density at radius 3 is 2.37 bits per heavy atom. The number of rotatable bonds is 4. The van der Waals surface area contributed by atoms with Gasteiger partial charge in [0.2, 0.25) is 0 Å². The van der Waals surface area contributed by atoms with Crippen molar-refractivity contribution in [1.29, 1.82) is 0 Å². The zero-order chi connectivity index (χ0) is 21.9. The molecule has 2 aromatic carbocycles. The summed E-state index contributed by atoms with van der Waals surface area (Å²) < 4.78 is 16.3. The van der Waals surface area contributed by atoms with Gasteiger partial charge in [0.15, 0.2) is 0 Å². The molecule has 2 aromatic rings. The van der Waals surface area contributed by atoms with E-state index < -0.39 is 17.7 Å². The molecule has 1 saturated heterocycles. The van der Waals surface area contributed by atoms with Gasteiger partial charge < -0.3 is 14.2 Å². The van der Waals surface area contributed by atoms with E-state index in [4.69, 9.17) is 14.2 Å². The fraction of sp³-hybridized carbons (Fsp3) is 0.417. The van der Waals surface area contributed by atoms with Crippen molar-refractivity contribution >= 4 is 12.1 Å². The van der Waals surface area contributed by atoms with E-state index in [9.17, 15) is 9.59 Å². The van der Waals surface area contributed by atoms with Crippen LogP contribution in [-0.2, 0) is 4.74 Å². The van der Waals surface area contributed by atoms with E-state index in [1.54, 1.807) is 51.1 Å². The highest BCUT2D eigenvalue weighted by atomic mass is 16.7. The SMILES string of the molecule is Cc1cc(C2CCCN2C)cc(OC(=O)OC(C)(C)C)c1C(=O)Oc1ccccc1. The molecule has 1 heterocycles. The van der Waals surface area contributed by atoms with Gasteiger partial charge in [0.05, 0.1) is 0 Å². The smallest absolute Gasteiger partial charge is 0.428 e. The number of likely N-dealkylation sites (tertiary alicyclic amines) is 1. The largest absolute Gasteiger partial charge is 0.514 e. The minimum absolute atomic E-state index is 0.153. The molecular weight excluding hydrogens is 382 g/mol. The Labute approximate surface area is 177 Å². The minimum Gasteiger partial charge on any atom is -0.428 e. The fourth-order valence-electron chi connectivity index (χ4n) is 3.65. The fourth-order valence-corrected chi connectivity index (χ4v) is 3.65. The third-order valence-corrected chi connectivity index (χ3v) is 4.97. The maximum atomic E-state index is 13.0. The van der Waals surface area contributed by atoms with Crippen molar-refractivity contribution in [2.75, 3.05) is 13.6 Å². The minimum atomic E-state index is -0.854. The van der Waals surface area contributed by atoms with E-state index in [-0.39, 0.29) is 17.4 Å². The molecule has 0 spiro atoms. The maximum absolute atomic E-state index is 13.0. The van der Waals surface area contributed by atoms with Crippen LogP contribution in [0.25, 0.3) is 0 Å². The van der Waals surface area contributed by atoms with E-state index in [0.717, 1.165) is 24.9 Å². The highest BCUT2D eigenvalue weighted by molar-refractivity contribution is 5.96. The summed E-state index contributed by atoms with van der Waals surface area (Å²) in [7, 11) is 2.07. The second-order valence-corrected chi connectivity index (χ2v) is 8.62. The van der Waals surface area contributed by atoms with Crippen LogP contribution < -0.4 is 9.47 Å². The van der Waals surface area contributed by atoms with E-state index in [1.165, 1.54) is 0 Å². The van der Waals surface area contributed by atoms with E-state index in [2.05, 4.69) is 11.9 Å². The van der Waals surface area contributed by atoms with Gasteiger partial charge in [-0.2, -0.15) is 0 Å². The number of esters is 1. The lowest BCUT2D eigenvalue weighted by Gasteiger charge is -2.23. The Bertz CT molecular complexity index is 917. The number of hydrogen-bond donors (Lipinski definition) is 0. The summed E-state index contributed by atoms with van der Waals surface area (Å²) in [4.78, 5) is 27.6. The molecule has 6 heteroatoms. The van der Waals surface area contributed by atoms with Crippen molar-refractivity contribution in [1.82, 2.24) is 4.90 Å². The Balaban J connectivity index is 1.96. The molecule has 1 aliphatic heterocycles. The lowest BCUT2D eigenvalue weighted by Crippen LogP contribution is -2.27. The molecule has 0 amide bonds. The van der Waals surface area contributed by atoms with Crippen LogP contribution in [-0.4, -0.2) is 36.2 Å². The predicted octanol–water partition coefficient (Wildman–Crippen LogP) is 5.29. The first-order valence-corrected chi connectivity index (χ1v) is 10.2. The summed E-state index contributed by atoms with van der Waals surface area (Å²) in [6, 6.07) is 12.7. The highest BCUT2D eigenvalue weighted by Gasteiger charge is 2.28. The number of hydrogen-bond acceptors (Lipinski definition) is 6. The van der Waals surface area contributed by atoms with Crippen LogP contribution in [0.1, 0.15) is 61.1 Å². The van der Waals surface area contributed by atoms with E-state index in [0.29, 0.717) is 11.3 Å². The average Bonchev–Trinajstić information content (AvgIpc) is 3.06. The van der Waals surface area contributed by atoms with Crippen LogP contribution in [0.3, 0.4) is 0 Å². The quantitative estimate of drug-likeness (QED) is 0.387. The molecule has 30 heavy (non-hydrogen) atoms. The van der Waals surface area contributed by atoms with Crippen LogP contribution in [0.4, 0.5) is 4.79 Å². The Morgan fingerprint density at radius 1 is 1.07 bits per heavy atom. The normalized spacial score (nSPS) is 16.9. The van der Waals surface area contributed by atoms with Crippen molar-refractivity contribution in [3.63, 3.8) is 0 Å². The Kier molecular flexibility index (Phi) is 6.46. The monoisotopic (exact) mass is 411 g/mol. The van der Waals surface area contributed by atoms with Gasteiger partial charge in [-0.25, -0.2) is 9.59 Å². The molecular formula is C24H29NO5. The number of aryl methyl sites for hydroxylation is 1. The van der Waals surface area contributed by atoms with Gasteiger partial charge in [-0.15, -0.1) is 0 Å². The molecule has 6 nitrogen and oxygen atoms in total. The van der Waals surface area contributed by atoms with Gasteiger partial charge in [0.1, 0.15) is 22.7 Å². The van der Waals surface area contributed by atoms with Crippen molar-refractivity contribution in [2.24, 2.45) is 0 Å². The van der Waals surface area contributed by atoms with Crippen molar-refractivity contribution in [2.45, 2.75) is 52.2 Å². The molecule has 0 N–H and O–H groups in total. The van der Waals surface area contributed by atoms with Crippen LogP contribution in [0.15, 0.2) is 42.5 Å². The number of para-hydroxylation sites is 1. The Hall–Kier alpha value is -2.86. The predicted molar refractivity (Wildman–Crippen MR) is 114 cm³/mol. The third-order valence-electron chi connectivity index (χ3n) is 4.97. The van der Waals surface area contributed by atoms with Crippen molar-refractivity contribution in [3.05, 3.63) is 59.2 Å². The van der Waals surface area contributed by atoms with Gasteiger partial charge >= 0.3 is 12.1 Å². The summed E-state index contributed by atoms with van der Waals surface area (Å²) in [6.45, 7) is 8.10. The number of ether oxygens (including phenoxy) is 3. The number of benzene rings is 2. The molecule has 160 valence electrons. The summed E-state index contributed by atoms with van der Waals surface area (Å²) in [5.41, 5.74) is 1.20. The first kappa shape index (κ1) is 21.8. The summed E-state index contributed by atoms with van der Waals surface area (Å²) in [6.07, 6.45) is 1.25. The first-order valence-electron chi connectivity index (χ1n) is 10.2. The second kappa shape index (κ2) is 8.88. The molecule has 0 aromatic heterocycles. The summed E-state index contributed by atoms with van der Waals surface area (Å²) >= 11 is 0. The van der Waals surface area contributed by atoms with Gasteiger partial charge in [-0.05, 0) is 83.5 Å². The number of nitrogens with zero attached hydrogens (tertiary/aromatic N) is 1. The number of carbonyl (C=O) groups excluding carboxylic acids is 2. The molecule has 1 fully saturated rings. The molecule has 0 bridgehead atoms. The van der Waals surface area contributed by atoms with Gasteiger partial charge in [-0.1, -0.05) is 24.3 Å². The molecule has 0 radical (unpaired) electrons. The standard InChI is InChI=1S/C24H29NO5/c1-16-14-17(19-12-9-13-25(19)5)15-20(29-23(27)30-24(2,3)4)21(16)22(26)28-18-10-7-6-8-11-18/h6-8,10-11,14-15,19H,9,12-13H2,1-5H3. The third kappa shape index (κ3) is 5.39. The summed E-state index contributed by atoms with van der Waals surface area (Å²) in [5.74, 6) is -0.00575. The summed E-state index contributed by atoms with van der Waals surface area (Å²) in [5, 5.41) is 0. The lowest BCUT2D eigenvalue weighted by atomic mass is 9.98. The molecule has 3 rings (SSSR count). The lowest BCUT2D eigenvalue weighted by molar-refractivity contribution is 0.0204.